The third-order valence-electron chi connectivity index (χ3n) is 3.57. The van der Waals surface area contributed by atoms with E-state index in [0.717, 1.165) is 17.9 Å². The third kappa shape index (κ3) is 2.45. The smallest absolute Gasteiger partial charge is 0.0542 e. The van der Waals surface area contributed by atoms with Gasteiger partial charge in [0.25, 0.3) is 0 Å². The molecule has 1 aromatic carbocycles. The Morgan fingerprint density at radius 1 is 1.15 bits per heavy atom. The molecule has 1 N–H and O–H groups in total. The lowest BCUT2D eigenvalue weighted by atomic mass is 10.2. The minimum Gasteiger partial charge on any atom is -0.381 e. The molecule has 4 heteroatoms. The van der Waals surface area contributed by atoms with Crippen molar-refractivity contribution in [3.63, 3.8) is 0 Å². The van der Waals surface area contributed by atoms with Crippen molar-refractivity contribution >= 4 is 5.69 Å². The molecule has 0 saturated heterocycles. The van der Waals surface area contributed by atoms with Gasteiger partial charge in [-0.3, -0.25) is 4.68 Å². The molecular formula is C16H18N4. The lowest BCUT2D eigenvalue weighted by Crippen LogP contribution is -2.02. The van der Waals surface area contributed by atoms with Crippen LogP contribution in [-0.4, -0.2) is 14.3 Å². The zero-order valence-electron chi connectivity index (χ0n) is 11.7. The fraction of sp³-hybridized carbons (Fsp3) is 0.188. The third-order valence-corrected chi connectivity index (χ3v) is 3.57. The molecule has 4 nitrogen and oxygen atoms in total. The lowest BCUT2D eigenvalue weighted by Gasteiger charge is -2.09. The number of aryl methyl sites for hydroxylation is 1. The van der Waals surface area contributed by atoms with Gasteiger partial charge in [-0.2, -0.15) is 5.10 Å². The van der Waals surface area contributed by atoms with E-state index in [9.17, 15) is 0 Å². The van der Waals surface area contributed by atoms with Crippen LogP contribution in [0.3, 0.4) is 0 Å². The molecule has 3 aromatic rings. The second-order valence-electron chi connectivity index (χ2n) is 4.87. The summed E-state index contributed by atoms with van der Waals surface area (Å²) in [6.07, 6.45) is 6.01. The molecule has 0 spiro atoms. The van der Waals surface area contributed by atoms with E-state index in [4.69, 9.17) is 0 Å². The summed E-state index contributed by atoms with van der Waals surface area (Å²) >= 11 is 0. The molecule has 0 bridgehead atoms. The van der Waals surface area contributed by atoms with Gasteiger partial charge in [0.2, 0.25) is 0 Å². The van der Waals surface area contributed by atoms with E-state index in [1.54, 1.807) is 0 Å². The zero-order chi connectivity index (χ0) is 13.9. The van der Waals surface area contributed by atoms with Crippen molar-refractivity contribution in [3.05, 3.63) is 66.2 Å². The molecule has 0 unspecified atom stereocenters. The van der Waals surface area contributed by atoms with Gasteiger partial charge in [-0.05, 0) is 37.3 Å². The summed E-state index contributed by atoms with van der Waals surface area (Å²) < 4.78 is 3.99. The summed E-state index contributed by atoms with van der Waals surface area (Å²) in [6, 6.07) is 12.4. The second-order valence-corrected chi connectivity index (χ2v) is 4.87. The van der Waals surface area contributed by atoms with Gasteiger partial charge in [0.1, 0.15) is 0 Å². The number of anilines is 1. The minimum atomic E-state index is 0.787. The summed E-state index contributed by atoms with van der Waals surface area (Å²) in [5.74, 6) is 0. The topological polar surface area (TPSA) is 34.8 Å². The van der Waals surface area contributed by atoms with Gasteiger partial charge in [-0.15, -0.1) is 0 Å². The van der Waals surface area contributed by atoms with Crippen LogP contribution >= 0.6 is 0 Å². The summed E-state index contributed by atoms with van der Waals surface area (Å²) in [5, 5.41) is 7.71. The highest BCUT2D eigenvalue weighted by atomic mass is 15.3. The molecule has 0 atom stereocenters. The Morgan fingerprint density at radius 3 is 2.65 bits per heavy atom. The minimum absolute atomic E-state index is 0.787. The highest BCUT2D eigenvalue weighted by molar-refractivity contribution is 5.51. The normalized spacial score (nSPS) is 10.7. The van der Waals surface area contributed by atoms with Crippen molar-refractivity contribution in [2.24, 2.45) is 7.05 Å². The van der Waals surface area contributed by atoms with Crippen LogP contribution in [-0.2, 0) is 13.6 Å². The van der Waals surface area contributed by atoms with E-state index in [-0.39, 0.29) is 0 Å². The fourth-order valence-corrected chi connectivity index (χ4v) is 2.20. The number of benzene rings is 1. The van der Waals surface area contributed by atoms with Gasteiger partial charge in [-0.25, -0.2) is 0 Å². The maximum atomic E-state index is 4.26. The molecule has 3 rings (SSSR count). The van der Waals surface area contributed by atoms with Crippen LogP contribution in [0.1, 0.15) is 11.3 Å². The zero-order valence-corrected chi connectivity index (χ0v) is 11.7. The molecule has 0 amide bonds. The summed E-state index contributed by atoms with van der Waals surface area (Å²) in [7, 11) is 1.96. The SMILES string of the molecule is Cc1c(CNc2cccc(-n3cccc3)c2)cnn1C. The molecule has 0 saturated carbocycles. The van der Waals surface area contributed by atoms with Gasteiger partial charge < -0.3 is 9.88 Å². The first-order valence-electron chi connectivity index (χ1n) is 6.69. The number of hydrogen-bond acceptors (Lipinski definition) is 2. The Balaban J connectivity index is 1.75. The van der Waals surface area contributed by atoms with Crippen LogP contribution in [0.4, 0.5) is 5.69 Å². The first-order chi connectivity index (χ1) is 9.74. The monoisotopic (exact) mass is 266 g/mol. The Hall–Kier alpha value is -2.49. The van der Waals surface area contributed by atoms with Crippen molar-refractivity contribution < 1.29 is 0 Å². The summed E-state index contributed by atoms with van der Waals surface area (Å²) in [4.78, 5) is 0. The predicted molar refractivity (Wildman–Crippen MR) is 81.0 cm³/mol. The number of aromatic nitrogens is 3. The first kappa shape index (κ1) is 12.5. The molecule has 0 aliphatic rings. The fourth-order valence-electron chi connectivity index (χ4n) is 2.20. The van der Waals surface area contributed by atoms with E-state index in [1.807, 2.05) is 42.5 Å². The molecule has 0 fully saturated rings. The van der Waals surface area contributed by atoms with E-state index in [0.29, 0.717) is 0 Å². The average Bonchev–Trinajstić information content (AvgIpc) is 3.10. The van der Waals surface area contributed by atoms with Gasteiger partial charge in [0.15, 0.2) is 0 Å². The summed E-state index contributed by atoms with van der Waals surface area (Å²) in [5.41, 5.74) is 4.68. The molecular weight excluding hydrogens is 248 g/mol. The van der Waals surface area contributed by atoms with Crippen LogP contribution in [0.25, 0.3) is 5.69 Å². The predicted octanol–water partition coefficient (Wildman–Crippen LogP) is 3.13. The van der Waals surface area contributed by atoms with Crippen LogP contribution in [0, 0.1) is 6.92 Å². The Morgan fingerprint density at radius 2 is 1.95 bits per heavy atom. The van der Waals surface area contributed by atoms with Gasteiger partial charge in [0, 0.05) is 48.6 Å². The molecule has 102 valence electrons. The average molecular weight is 266 g/mol. The standard InChI is InChI=1S/C16H18N4/c1-13-14(12-18-19(13)2)11-17-15-6-5-7-16(10-15)20-8-3-4-9-20/h3-10,12,17H,11H2,1-2H3. The van der Waals surface area contributed by atoms with Crippen LogP contribution < -0.4 is 5.32 Å². The van der Waals surface area contributed by atoms with Crippen molar-refractivity contribution in [2.45, 2.75) is 13.5 Å². The lowest BCUT2D eigenvalue weighted by molar-refractivity contribution is 0.738. The molecule has 0 aliphatic carbocycles. The molecule has 0 radical (unpaired) electrons. The molecule has 0 aliphatic heterocycles. The van der Waals surface area contributed by atoms with Crippen LogP contribution in [0.15, 0.2) is 55.0 Å². The van der Waals surface area contributed by atoms with E-state index in [1.165, 1.54) is 11.3 Å². The summed E-state index contributed by atoms with van der Waals surface area (Å²) in [6.45, 7) is 2.87. The maximum absolute atomic E-state index is 4.26. The molecule has 2 heterocycles. The highest BCUT2D eigenvalue weighted by Crippen LogP contribution is 2.16. The van der Waals surface area contributed by atoms with Crippen molar-refractivity contribution in [2.75, 3.05) is 5.32 Å². The Bertz CT molecular complexity index is 695. The first-order valence-corrected chi connectivity index (χ1v) is 6.69. The number of hydrogen-bond donors (Lipinski definition) is 1. The van der Waals surface area contributed by atoms with Crippen molar-refractivity contribution in [1.29, 1.82) is 0 Å². The number of nitrogens with one attached hydrogen (secondary N) is 1. The quantitative estimate of drug-likeness (QED) is 0.787. The molecule has 20 heavy (non-hydrogen) atoms. The van der Waals surface area contributed by atoms with Crippen molar-refractivity contribution in [1.82, 2.24) is 14.3 Å². The second kappa shape index (κ2) is 5.25. The van der Waals surface area contributed by atoms with E-state index < -0.39 is 0 Å². The largest absolute Gasteiger partial charge is 0.381 e. The van der Waals surface area contributed by atoms with E-state index >= 15 is 0 Å². The highest BCUT2D eigenvalue weighted by Gasteiger charge is 2.03. The van der Waals surface area contributed by atoms with Crippen LogP contribution in [0.5, 0.6) is 0 Å². The Kier molecular flexibility index (Phi) is 3.29. The van der Waals surface area contributed by atoms with Crippen LogP contribution in [0.2, 0.25) is 0 Å². The van der Waals surface area contributed by atoms with Gasteiger partial charge in [-0.1, -0.05) is 6.07 Å². The number of rotatable bonds is 4. The van der Waals surface area contributed by atoms with E-state index in [2.05, 4.69) is 46.2 Å². The maximum Gasteiger partial charge on any atom is 0.0542 e. The Labute approximate surface area is 118 Å². The van der Waals surface area contributed by atoms with Crippen molar-refractivity contribution in [3.8, 4) is 5.69 Å². The number of nitrogens with zero attached hydrogens (tertiary/aromatic N) is 3. The molecule has 2 aromatic heterocycles. The van der Waals surface area contributed by atoms with Gasteiger partial charge in [0.05, 0.1) is 6.20 Å². The van der Waals surface area contributed by atoms with Gasteiger partial charge >= 0.3 is 0 Å².